The van der Waals surface area contributed by atoms with Crippen molar-refractivity contribution in [3.63, 3.8) is 0 Å². The van der Waals surface area contributed by atoms with E-state index in [9.17, 15) is 8.78 Å². The van der Waals surface area contributed by atoms with Gasteiger partial charge in [-0.1, -0.05) is 39.8 Å². The van der Waals surface area contributed by atoms with Crippen LogP contribution in [-0.2, 0) is 0 Å². The average molecular weight is 407 g/mol. The topological polar surface area (TPSA) is 43.1 Å². The monoisotopic (exact) mass is 406 g/mol. The van der Waals surface area contributed by atoms with Gasteiger partial charge in [0.1, 0.15) is 11.6 Å². The van der Waals surface area contributed by atoms with E-state index in [1.807, 2.05) is 24.3 Å². The Hall–Kier alpha value is -2.06. The number of aromatic nitrogens is 3. The molecule has 0 atom stereocenters. The highest BCUT2D eigenvalue weighted by Crippen LogP contribution is 2.30. The van der Waals surface area contributed by atoms with Crippen LogP contribution < -0.4 is 0 Å². The first-order valence-electron chi connectivity index (χ1n) is 6.99. The molecule has 4 nitrogen and oxygen atoms in total. The Labute approximate surface area is 148 Å². The summed E-state index contributed by atoms with van der Waals surface area (Å²) in [5, 5.41) is 13.1. The molecule has 3 aromatic rings. The van der Waals surface area contributed by atoms with E-state index < -0.39 is 11.6 Å². The molecular weight excluding hydrogens is 398 g/mol. The molecule has 0 unspecified atom stereocenters. The normalized spacial score (nSPS) is 13.5. The van der Waals surface area contributed by atoms with Crippen LogP contribution in [0.5, 0.6) is 0 Å². The van der Waals surface area contributed by atoms with Crippen molar-refractivity contribution in [2.45, 2.75) is 5.16 Å². The third-order valence-electron chi connectivity index (χ3n) is 3.52. The number of halogens is 3. The van der Waals surface area contributed by atoms with Crippen molar-refractivity contribution >= 4 is 33.4 Å². The van der Waals surface area contributed by atoms with Crippen LogP contribution in [0.3, 0.4) is 0 Å². The summed E-state index contributed by atoms with van der Waals surface area (Å²) in [6.07, 6.45) is 0. The maximum atomic E-state index is 14.1. The molecule has 120 valence electrons. The molecule has 0 amide bonds. The molecule has 1 aromatic heterocycles. The van der Waals surface area contributed by atoms with Crippen molar-refractivity contribution in [2.24, 2.45) is 5.10 Å². The van der Waals surface area contributed by atoms with Crippen LogP contribution in [0.4, 0.5) is 8.78 Å². The Bertz CT molecular complexity index is 953. The van der Waals surface area contributed by atoms with Crippen molar-refractivity contribution in [1.29, 1.82) is 0 Å². The fourth-order valence-corrected chi connectivity index (χ4v) is 3.45. The number of hydrogen-bond donors (Lipinski definition) is 0. The Morgan fingerprint density at radius 1 is 1.04 bits per heavy atom. The highest BCUT2D eigenvalue weighted by molar-refractivity contribution is 9.10. The van der Waals surface area contributed by atoms with Gasteiger partial charge in [-0.25, -0.2) is 8.78 Å². The molecule has 8 heteroatoms. The highest BCUT2D eigenvalue weighted by Gasteiger charge is 2.22. The van der Waals surface area contributed by atoms with Gasteiger partial charge in [0.05, 0.1) is 11.3 Å². The number of thioether (sulfide) groups is 1. The Balaban J connectivity index is 1.82. The summed E-state index contributed by atoms with van der Waals surface area (Å²) >= 11 is 4.85. The van der Waals surface area contributed by atoms with E-state index in [2.05, 4.69) is 31.2 Å². The fraction of sp³-hybridized carbons (Fsp3) is 0.0625. The first-order valence-corrected chi connectivity index (χ1v) is 8.77. The van der Waals surface area contributed by atoms with Crippen LogP contribution in [0, 0.1) is 11.6 Å². The second kappa shape index (κ2) is 6.10. The fourth-order valence-electron chi connectivity index (χ4n) is 2.35. The molecule has 0 saturated carbocycles. The first kappa shape index (κ1) is 15.5. The predicted octanol–water partition coefficient (Wildman–Crippen LogP) is 4.34. The summed E-state index contributed by atoms with van der Waals surface area (Å²) < 4.78 is 30.0. The van der Waals surface area contributed by atoms with Crippen molar-refractivity contribution < 1.29 is 8.78 Å². The number of nitrogens with zero attached hydrogens (tertiary/aromatic N) is 4. The summed E-state index contributed by atoms with van der Waals surface area (Å²) in [5.74, 6) is -0.290. The zero-order valence-corrected chi connectivity index (χ0v) is 14.5. The van der Waals surface area contributed by atoms with Gasteiger partial charge in [0, 0.05) is 10.2 Å². The zero-order chi connectivity index (χ0) is 16.7. The molecule has 4 rings (SSSR count). The lowest BCUT2D eigenvalue weighted by atomic mass is 10.1. The molecule has 2 heterocycles. The minimum atomic E-state index is -0.567. The minimum Gasteiger partial charge on any atom is -0.207 e. The second-order valence-electron chi connectivity index (χ2n) is 5.08. The summed E-state index contributed by atoms with van der Waals surface area (Å²) in [7, 11) is 0. The molecule has 0 N–H and O–H groups in total. The molecule has 2 aromatic carbocycles. The number of rotatable bonds is 2. The van der Waals surface area contributed by atoms with E-state index >= 15 is 0 Å². The van der Waals surface area contributed by atoms with Crippen LogP contribution >= 0.6 is 27.7 Å². The van der Waals surface area contributed by atoms with Crippen LogP contribution in [0.2, 0.25) is 0 Å². The predicted molar refractivity (Wildman–Crippen MR) is 92.2 cm³/mol. The van der Waals surface area contributed by atoms with Gasteiger partial charge in [-0.2, -0.15) is 9.78 Å². The van der Waals surface area contributed by atoms with Gasteiger partial charge in [0.25, 0.3) is 0 Å². The zero-order valence-electron chi connectivity index (χ0n) is 12.1. The molecule has 0 radical (unpaired) electrons. The van der Waals surface area contributed by atoms with Crippen LogP contribution in [0.25, 0.3) is 11.4 Å². The van der Waals surface area contributed by atoms with E-state index in [0.717, 1.165) is 33.9 Å². The first-order chi connectivity index (χ1) is 11.6. The Kier molecular flexibility index (Phi) is 3.93. The molecule has 0 fully saturated rings. The molecular formula is C16H9BrF2N4S. The lowest BCUT2D eigenvalue weighted by Crippen LogP contribution is -2.13. The van der Waals surface area contributed by atoms with E-state index in [-0.39, 0.29) is 11.4 Å². The van der Waals surface area contributed by atoms with Gasteiger partial charge in [0.15, 0.2) is 5.82 Å². The van der Waals surface area contributed by atoms with Crippen molar-refractivity contribution in [3.8, 4) is 11.4 Å². The van der Waals surface area contributed by atoms with Crippen molar-refractivity contribution in [3.05, 3.63) is 64.1 Å². The Morgan fingerprint density at radius 2 is 1.83 bits per heavy atom. The Morgan fingerprint density at radius 3 is 2.62 bits per heavy atom. The van der Waals surface area contributed by atoms with Gasteiger partial charge in [-0.05, 0) is 35.9 Å². The average Bonchev–Trinajstić information content (AvgIpc) is 3.01. The van der Waals surface area contributed by atoms with Gasteiger partial charge in [0.2, 0.25) is 5.16 Å². The van der Waals surface area contributed by atoms with Gasteiger partial charge in [-0.3, -0.25) is 0 Å². The number of fused-ring (bicyclic) bond motifs is 1. The summed E-state index contributed by atoms with van der Waals surface area (Å²) in [6.45, 7) is 0. The van der Waals surface area contributed by atoms with Crippen LogP contribution in [0.1, 0.15) is 5.56 Å². The summed E-state index contributed by atoms with van der Waals surface area (Å²) in [5.41, 5.74) is 1.81. The third kappa shape index (κ3) is 2.76. The van der Waals surface area contributed by atoms with Gasteiger partial charge in [-0.15, -0.1) is 10.2 Å². The quantitative estimate of drug-likeness (QED) is 0.635. The molecule has 0 saturated heterocycles. The maximum absolute atomic E-state index is 14.1. The van der Waals surface area contributed by atoms with Crippen LogP contribution in [-0.4, -0.2) is 26.3 Å². The van der Waals surface area contributed by atoms with E-state index in [1.54, 1.807) is 0 Å². The number of hydrogen-bond acceptors (Lipinski definition) is 4. The molecule has 0 bridgehead atoms. The highest BCUT2D eigenvalue weighted by atomic mass is 79.9. The largest absolute Gasteiger partial charge is 0.212 e. The lowest BCUT2D eigenvalue weighted by molar-refractivity contribution is 0.600. The SMILES string of the molecule is Fc1ccc(F)c(-c2nnc3n2N=C(c2ccc(Br)cc2)CS3)c1. The van der Waals surface area contributed by atoms with Crippen molar-refractivity contribution in [2.75, 3.05) is 5.75 Å². The van der Waals surface area contributed by atoms with E-state index in [0.29, 0.717) is 10.9 Å². The second-order valence-corrected chi connectivity index (χ2v) is 6.94. The molecule has 0 spiro atoms. The minimum absolute atomic E-state index is 0.0372. The summed E-state index contributed by atoms with van der Waals surface area (Å²) in [4.78, 5) is 0. The van der Waals surface area contributed by atoms with Gasteiger partial charge >= 0.3 is 0 Å². The van der Waals surface area contributed by atoms with E-state index in [4.69, 9.17) is 0 Å². The van der Waals surface area contributed by atoms with Gasteiger partial charge < -0.3 is 0 Å². The summed E-state index contributed by atoms with van der Waals surface area (Å²) in [6, 6.07) is 11.0. The molecule has 1 aliphatic heterocycles. The molecule has 1 aliphatic rings. The lowest BCUT2D eigenvalue weighted by Gasteiger charge is -2.14. The smallest absolute Gasteiger partial charge is 0.207 e. The molecule has 0 aliphatic carbocycles. The number of benzene rings is 2. The van der Waals surface area contributed by atoms with Crippen molar-refractivity contribution in [1.82, 2.24) is 14.9 Å². The standard InChI is InChI=1S/C16H9BrF2N4S/c17-10-3-1-9(2-4-10)14-8-24-16-21-20-15(23(16)22-14)12-7-11(18)5-6-13(12)19/h1-7H,8H2. The maximum Gasteiger partial charge on any atom is 0.212 e. The van der Waals surface area contributed by atoms with Crippen LogP contribution in [0.15, 0.2) is 57.2 Å². The third-order valence-corrected chi connectivity index (χ3v) is 4.98. The van der Waals surface area contributed by atoms with E-state index in [1.165, 1.54) is 16.4 Å². The molecule has 24 heavy (non-hydrogen) atoms.